The van der Waals surface area contributed by atoms with E-state index in [0.717, 1.165) is 13.0 Å². The van der Waals surface area contributed by atoms with E-state index in [0.29, 0.717) is 0 Å². The van der Waals surface area contributed by atoms with Crippen LogP contribution in [-0.4, -0.2) is 25.6 Å². The SMILES string of the molecule is CN=C=NCCC(C)N. The fraction of sp³-hybridized carbons (Fsp3) is 0.833. The van der Waals surface area contributed by atoms with Gasteiger partial charge in [0.05, 0.1) is 12.6 Å². The predicted octanol–water partition coefficient (Wildman–Crippen LogP) is 0.527. The van der Waals surface area contributed by atoms with Crippen LogP contribution in [0.25, 0.3) is 0 Å². The molecule has 0 aromatic carbocycles. The average molecular weight is 127 g/mol. The molecular weight excluding hydrogens is 114 g/mol. The van der Waals surface area contributed by atoms with E-state index in [1.807, 2.05) is 6.92 Å². The molecule has 0 fully saturated rings. The summed E-state index contributed by atoms with van der Waals surface area (Å²) in [4.78, 5) is 7.41. The molecule has 0 saturated heterocycles. The first kappa shape index (κ1) is 8.34. The molecule has 2 N–H and O–H groups in total. The van der Waals surface area contributed by atoms with E-state index >= 15 is 0 Å². The van der Waals surface area contributed by atoms with Crippen molar-refractivity contribution in [3.8, 4) is 0 Å². The normalized spacial score (nSPS) is 11.9. The summed E-state index contributed by atoms with van der Waals surface area (Å²) in [6.07, 6.45) is 0.905. The molecule has 0 radical (unpaired) electrons. The zero-order valence-corrected chi connectivity index (χ0v) is 5.96. The topological polar surface area (TPSA) is 50.7 Å². The van der Waals surface area contributed by atoms with Crippen molar-refractivity contribution in [1.29, 1.82) is 0 Å². The van der Waals surface area contributed by atoms with Crippen molar-refractivity contribution in [2.45, 2.75) is 19.4 Å². The number of hydrogen-bond donors (Lipinski definition) is 1. The van der Waals surface area contributed by atoms with Gasteiger partial charge in [0.15, 0.2) is 0 Å². The summed E-state index contributed by atoms with van der Waals surface area (Å²) < 4.78 is 0. The molecule has 0 aliphatic heterocycles. The van der Waals surface area contributed by atoms with Crippen LogP contribution in [0.2, 0.25) is 0 Å². The second-order valence-corrected chi connectivity index (χ2v) is 1.97. The lowest BCUT2D eigenvalue weighted by Gasteiger charge is -1.97. The van der Waals surface area contributed by atoms with Crippen LogP contribution < -0.4 is 5.73 Å². The molecule has 0 spiro atoms. The first-order chi connectivity index (χ1) is 4.27. The highest BCUT2D eigenvalue weighted by atomic mass is 14.8. The molecule has 0 saturated carbocycles. The van der Waals surface area contributed by atoms with Crippen molar-refractivity contribution >= 4 is 6.01 Å². The van der Waals surface area contributed by atoms with Crippen LogP contribution in [-0.2, 0) is 0 Å². The molecule has 9 heavy (non-hydrogen) atoms. The Morgan fingerprint density at radius 1 is 1.67 bits per heavy atom. The van der Waals surface area contributed by atoms with E-state index < -0.39 is 0 Å². The smallest absolute Gasteiger partial charge is 0.0889 e. The first-order valence-corrected chi connectivity index (χ1v) is 3.03. The zero-order valence-electron chi connectivity index (χ0n) is 5.96. The lowest BCUT2D eigenvalue weighted by molar-refractivity contribution is 0.678. The van der Waals surface area contributed by atoms with Crippen molar-refractivity contribution < 1.29 is 0 Å². The Kier molecular flexibility index (Phi) is 5.07. The summed E-state index contributed by atoms with van der Waals surface area (Å²) in [5.74, 6) is 0. The Labute approximate surface area is 55.7 Å². The van der Waals surface area contributed by atoms with E-state index in [4.69, 9.17) is 5.73 Å². The fourth-order valence-electron chi connectivity index (χ4n) is 0.389. The van der Waals surface area contributed by atoms with Gasteiger partial charge in [-0.15, -0.1) is 0 Å². The largest absolute Gasteiger partial charge is 0.328 e. The van der Waals surface area contributed by atoms with E-state index in [2.05, 4.69) is 16.0 Å². The molecule has 52 valence electrons. The molecule has 0 aliphatic carbocycles. The third-order valence-corrected chi connectivity index (χ3v) is 0.867. The Bertz CT molecular complexity index is 111. The van der Waals surface area contributed by atoms with E-state index in [1.54, 1.807) is 7.05 Å². The van der Waals surface area contributed by atoms with Crippen molar-refractivity contribution in [3.05, 3.63) is 0 Å². The molecule has 0 amide bonds. The van der Waals surface area contributed by atoms with Gasteiger partial charge in [-0.1, -0.05) is 0 Å². The quantitative estimate of drug-likeness (QED) is 0.552. The van der Waals surface area contributed by atoms with Crippen molar-refractivity contribution in [2.75, 3.05) is 13.6 Å². The Morgan fingerprint density at radius 3 is 2.78 bits per heavy atom. The van der Waals surface area contributed by atoms with Crippen LogP contribution in [0.15, 0.2) is 9.98 Å². The number of hydrogen-bond acceptors (Lipinski definition) is 3. The Hall–Kier alpha value is -0.660. The maximum absolute atomic E-state index is 5.46. The molecule has 3 heteroatoms. The Balaban J connectivity index is 3.20. The van der Waals surface area contributed by atoms with Crippen molar-refractivity contribution in [2.24, 2.45) is 15.7 Å². The van der Waals surface area contributed by atoms with Gasteiger partial charge in [0.2, 0.25) is 0 Å². The third-order valence-electron chi connectivity index (χ3n) is 0.867. The molecule has 1 unspecified atom stereocenters. The highest BCUT2D eigenvalue weighted by molar-refractivity contribution is 5.40. The number of nitrogens with zero attached hydrogens (tertiary/aromatic N) is 2. The summed E-state index contributed by atoms with van der Waals surface area (Å²) in [7, 11) is 1.65. The monoisotopic (exact) mass is 127 g/mol. The predicted molar refractivity (Wildman–Crippen MR) is 38.9 cm³/mol. The summed E-state index contributed by atoms with van der Waals surface area (Å²) in [6, 6.07) is 2.73. The standard InChI is InChI=1S/C6H13N3/c1-6(7)3-4-9-5-8-2/h6H,3-4,7H2,1-2H3. The highest BCUT2D eigenvalue weighted by Crippen LogP contribution is 1.84. The van der Waals surface area contributed by atoms with Gasteiger partial charge < -0.3 is 5.73 Å². The summed E-state index contributed by atoms with van der Waals surface area (Å²) in [5, 5.41) is 0. The maximum atomic E-state index is 5.46. The Morgan fingerprint density at radius 2 is 2.33 bits per heavy atom. The lowest BCUT2D eigenvalue weighted by Crippen LogP contribution is -2.15. The van der Waals surface area contributed by atoms with Crippen molar-refractivity contribution in [3.63, 3.8) is 0 Å². The molecular formula is C6H13N3. The molecule has 0 rings (SSSR count). The van der Waals surface area contributed by atoms with Gasteiger partial charge >= 0.3 is 0 Å². The summed E-state index contributed by atoms with van der Waals surface area (Å²) in [5.41, 5.74) is 5.46. The minimum Gasteiger partial charge on any atom is -0.328 e. The van der Waals surface area contributed by atoms with Crippen molar-refractivity contribution in [1.82, 2.24) is 0 Å². The molecule has 0 aliphatic rings. The van der Waals surface area contributed by atoms with Gasteiger partial charge in [-0.25, -0.2) is 9.98 Å². The number of aliphatic imine (C=N–C) groups is 2. The van der Waals surface area contributed by atoms with Crippen LogP contribution in [0.4, 0.5) is 0 Å². The van der Waals surface area contributed by atoms with Crippen LogP contribution in [0.3, 0.4) is 0 Å². The van der Waals surface area contributed by atoms with Crippen LogP contribution in [0, 0.1) is 0 Å². The molecule has 1 atom stereocenters. The van der Waals surface area contributed by atoms with Crippen LogP contribution >= 0.6 is 0 Å². The summed E-state index contributed by atoms with van der Waals surface area (Å²) >= 11 is 0. The third kappa shape index (κ3) is 7.34. The van der Waals surface area contributed by atoms with Gasteiger partial charge in [0.1, 0.15) is 0 Å². The summed E-state index contributed by atoms with van der Waals surface area (Å²) in [6.45, 7) is 2.69. The minimum absolute atomic E-state index is 0.229. The van der Waals surface area contributed by atoms with Crippen LogP contribution in [0.5, 0.6) is 0 Å². The number of nitrogens with two attached hydrogens (primary N) is 1. The molecule has 0 bridgehead atoms. The van der Waals surface area contributed by atoms with E-state index in [-0.39, 0.29) is 6.04 Å². The second kappa shape index (κ2) is 5.48. The fourth-order valence-corrected chi connectivity index (χ4v) is 0.389. The molecule has 0 heterocycles. The zero-order chi connectivity index (χ0) is 7.11. The van der Waals surface area contributed by atoms with Gasteiger partial charge in [0, 0.05) is 13.1 Å². The molecule has 0 aromatic rings. The molecule has 3 nitrogen and oxygen atoms in total. The average Bonchev–Trinajstić information content (AvgIpc) is 1.80. The first-order valence-electron chi connectivity index (χ1n) is 3.03. The van der Waals surface area contributed by atoms with E-state index in [1.165, 1.54) is 0 Å². The highest BCUT2D eigenvalue weighted by Gasteiger charge is 1.88. The van der Waals surface area contributed by atoms with Crippen LogP contribution in [0.1, 0.15) is 13.3 Å². The van der Waals surface area contributed by atoms with Gasteiger partial charge in [-0.05, 0) is 13.3 Å². The molecule has 0 aromatic heterocycles. The van der Waals surface area contributed by atoms with E-state index in [9.17, 15) is 0 Å². The lowest BCUT2D eigenvalue weighted by atomic mass is 10.3. The minimum atomic E-state index is 0.229. The second-order valence-electron chi connectivity index (χ2n) is 1.97. The van der Waals surface area contributed by atoms with Gasteiger partial charge in [-0.2, -0.15) is 0 Å². The number of rotatable bonds is 3. The van der Waals surface area contributed by atoms with Gasteiger partial charge in [-0.3, -0.25) is 0 Å². The van der Waals surface area contributed by atoms with Gasteiger partial charge in [0.25, 0.3) is 0 Å². The maximum Gasteiger partial charge on any atom is 0.0889 e.